The molecule has 26 heavy (non-hydrogen) atoms. The molecule has 0 saturated carbocycles. The van der Waals surface area contributed by atoms with E-state index in [9.17, 15) is 19.1 Å². The second kappa shape index (κ2) is 7.82. The molecule has 1 atom stereocenters. The van der Waals surface area contributed by atoms with Crippen molar-refractivity contribution >= 4 is 23.2 Å². The number of aliphatic carboxylic acids is 1. The van der Waals surface area contributed by atoms with E-state index in [1.165, 1.54) is 40.5 Å². The lowest BCUT2D eigenvalue weighted by Crippen LogP contribution is -2.47. The molecule has 2 aromatic rings. The zero-order valence-electron chi connectivity index (χ0n) is 14.3. The van der Waals surface area contributed by atoms with E-state index in [1.54, 1.807) is 6.92 Å². The number of carboxylic acids is 1. The van der Waals surface area contributed by atoms with Gasteiger partial charge in [-0.05, 0) is 50.5 Å². The second-order valence-corrected chi connectivity index (χ2v) is 7.20. The molecule has 0 spiro atoms. The Hall–Kier alpha value is -2.48. The molecule has 6 nitrogen and oxygen atoms in total. The number of halogens is 1. The molecule has 1 fully saturated rings. The van der Waals surface area contributed by atoms with Crippen molar-refractivity contribution < 1.29 is 23.8 Å². The Bertz CT molecular complexity index is 806. The van der Waals surface area contributed by atoms with Crippen LogP contribution in [0.5, 0.6) is 5.75 Å². The number of hydrogen-bond donors (Lipinski definition) is 1. The Morgan fingerprint density at radius 3 is 2.77 bits per heavy atom. The van der Waals surface area contributed by atoms with Crippen LogP contribution < -0.4 is 4.74 Å². The average molecular weight is 378 g/mol. The van der Waals surface area contributed by atoms with Crippen molar-refractivity contribution in [2.75, 3.05) is 6.54 Å². The quantitative estimate of drug-likeness (QED) is 0.864. The van der Waals surface area contributed by atoms with Crippen molar-refractivity contribution in [2.45, 2.75) is 38.8 Å². The number of carbonyl (C=O) groups excluding carboxylic acids is 1. The first-order valence-corrected chi connectivity index (χ1v) is 9.16. The summed E-state index contributed by atoms with van der Waals surface area (Å²) in [7, 11) is 0. The average Bonchev–Trinajstić information content (AvgIpc) is 3.01. The summed E-state index contributed by atoms with van der Waals surface area (Å²) >= 11 is 1.20. The molecule has 1 aliphatic heterocycles. The van der Waals surface area contributed by atoms with Crippen molar-refractivity contribution in [1.29, 1.82) is 0 Å². The molecule has 8 heteroatoms. The number of ether oxygens (including phenoxy) is 1. The molecule has 1 N–H and O–H groups in total. The molecular weight excluding hydrogens is 359 g/mol. The third-order valence-corrected chi connectivity index (χ3v) is 5.38. The van der Waals surface area contributed by atoms with E-state index in [2.05, 4.69) is 4.98 Å². The highest BCUT2D eigenvalue weighted by Gasteiger charge is 2.34. The van der Waals surface area contributed by atoms with Crippen molar-refractivity contribution in [3.8, 4) is 5.75 Å². The van der Waals surface area contributed by atoms with Crippen LogP contribution in [0.3, 0.4) is 0 Å². The highest BCUT2D eigenvalue weighted by Crippen LogP contribution is 2.26. The van der Waals surface area contributed by atoms with Crippen molar-refractivity contribution in [1.82, 2.24) is 9.88 Å². The largest absolute Gasteiger partial charge is 0.486 e. The van der Waals surface area contributed by atoms with Gasteiger partial charge in [-0.3, -0.25) is 4.79 Å². The summed E-state index contributed by atoms with van der Waals surface area (Å²) < 4.78 is 18.5. The Kier molecular flexibility index (Phi) is 5.51. The summed E-state index contributed by atoms with van der Waals surface area (Å²) in [4.78, 5) is 30.5. The molecule has 0 bridgehead atoms. The van der Waals surface area contributed by atoms with Crippen LogP contribution in [-0.2, 0) is 11.4 Å². The molecule has 0 unspecified atom stereocenters. The van der Waals surface area contributed by atoms with Crippen LogP contribution in [0.4, 0.5) is 4.39 Å². The molecular formula is C18H19FN2O4S. The Labute approximate surface area is 154 Å². The third kappa shape index (κ3) is 4.01. The zero-order valence-corrected chi connectivity index (χ0v) is 15.1. The number of thiazole rings is 1. The lowest BCUT2D eigenvalue weighted by molar-refractivity contribution is -0.143. The molecule has 3 rings (SSSR count). The third-order valence-electron chi connectivity index (χ3n) is 4.26. The van der Waals surface area contributed by atoms with Gasteiger partial charge in [0.15, 0.2) is 0 Å². The molecule has 1 aromatic carbocycles. The predicted octanol–water partition coefficient (Wildman–Crippen LogP) is 3.25. The van der Waals surface area contributed by atoms with Gasteiger partial charge in [-0.1, -0.05) is 0 Å². The van der Waals surface area contributed by atoms with E-state index >= 15 is 0 Å². The van der Waals surface area contributed by atoms with Crippen LogP contribution in [-0.4, -0.2) is 39.5 Å². The number of amides is 1. The first kappa shape index (κ1) is 18.3. The van der Waals surface area contributed by atoms with Crippen LogP contribution in [0.2, 0.25) is 0 Å². The molecule has 138 valence electrons. The first-order valence-electron chi connectivity index (χ1n) is 8.34. The van der Waals surface area contributed by atoms with Gasteiger partial charge >= 0.3 is 5.97 Å². The van der Waals surface area contributed by atoms with Crippen molar-refractivity contribution in [3.05, 3.63) is 45.7 Å². The minimum absolute atomic E-state index is 0.160. The maximum absolute atomic E-state index is 12.9. The number of carbonyl (C=O) groups is 2. The summed E-state index contributed by atoms with van der Waals surface area (Å²) in [5.41, 5.74) is 0.562. The van der Waals surface area contributed by atoms with Gasteiger partial charge < -0.3 is 14.7 Å². The number of likely N-dealkylation sites (tertiary alicyclic amines) is 1. The fourth-order valence-corrected chi connectivity index (χ4v) is 3.88. The molecule has 2 heterocycles. The van der Waals surface area contributed by atoms with Crippen molar-refractivity contribution in [2.24, 2.45) is 0 Å². The van der Waals surface area contributed by atoms with Gasteiger partial charge in [-0.15, -0.1) is 11.3 Å². The van der Waals surface area contributed by atoms with Gasteiger partial charge in [0.2, 0.25) is 0 Å². The maximum Gasteiger partial charge on any atom is 0.326 e. The number of hydrogen-bond acceptors (Lipinski definition) is 5. The molecule has 1 amide bonds. The fraction of sp³-hybridized carbons (Fsp3) is 0.389. The van der Waals surface area contributed by atoms with E-state index in [4.69, 9.17) is 4.74 Å². The van der Waals surface area contributed by atoms with Gasteiger partial charge in [0, 0.05) is 6.54 Å². The van der Waals surface area contributed by atoms with E-state index < -0.39 is 12.0 Å². The Morgan fingerprint density at radius 1 is 1.35 bits per heavy atom. The standard InChI is InChI=1S/C18H19FN2O4S/c1-11-16(17(22)21-9-3-2-4-14(21)18(23)24)26-15(20-11)10-25-13-7-5-12(19)6-8-13/h5-8,14H,2-4,9-10H2,1H3,(H,23,24)/t14-/m1/s1. The number of aryl methyl sites for hydroxylation is 1. The molecule has 1 aromatic heterocycles. The molecule has 0 aliphatic carbocycles. The van der Waals surface area contributed by atoms with E-state index in [1.807, 2.05) is 0 Å². The zero-order chi connectivity index (χ0) is 18.7. The van der Waals surface area contributed by atoms with Crippen molar-refractivity contribution in [3.63, 3.8) is 0 Å². The van der Waals surface area contributed by atoms with E-state index in [0.29, 0.717) is 34.3 Å². The number of aromatic nitrogens is 1. The minimum atomic E-state index is -0.972. The summed E-state index contributed by atoms with van der Waals surface area (Å²) in [5.74, 6) is -1.10. The van der Waals surface area contributed by atoms with Crippen LogP contribution in [0, 0.1) is 12.7 Å². The monoisotopic (exact) mass is 378 g/mol. The molecule has 1 saturated heterocycles. The van der Waals surface area contributed by atoms with Gasteiger partial charge in [0.05, 0.1) is 5.69 Å². The Balaban J connectivity index is 1.71. The highest BCUT2D eigenvalue weighted by molar-refractivity contribution is 7.13. The molecule has 0 radical (unpaired) electrons. The predicted molar refractivity (Wildman–Crippen MR) is 93.9 cm³/mol. The number of nitrogens with zero attached hydrogens (tertiary/aromatic N) is 2. The number of carboxylic acid groups (broad SMARTS) is 1. The topological polar surface area (TPSA) is 79.7 Å². The smallest absolute Gasteiger partial charge is 0.326 e. The SMILES string of the molecule is Cc1nc(COc2ccc(F)cc2)sc1C(=O)N1CCCC[C@@H]1C(=O)O. The lowest BCUT2D eigenvalue weighted by atomic mass is 10.0. The van der Waals surface area contributed by atoms with Crippen LogP contribution in [0.25, 0.3) is 0 Å². The summed E-state index contributed by atoms with van der Waals surface area (Å²) in [6.07, 6.45) is 2.08. The minimum Gasteiger partial charge on any atom is -0.486 e. The van der Waals surface area contributed by atoms with Crippen LogP contribution in [0.15, 0.2) is 24.3 Å². The fourth-order valence-electron chi connectivity index (χ4n) is 2.95. The Morgan fingerprint density at radius 2 is 2.08 bits per heavy atom. The van der Waals surface area contributed by atoms with Crippen LogP contribution in [0.1, 0.15) is 39.6 Å². The van der Waals surface area contributed by atoms with Gasteiger partial charge in [0.25, 0.3) is 5.91 Å². The molecule has 1 aliphatic rings. The van der Waals surface area contributed by atoms with Gasteiger partial charge in [-0.2, -0.15) is 0 Å². The highest BCUT2D eigenvalue weighted by atomic mass is 32.1. The summed E-state index contributed by atoms with van der Waals surface area (Å²) in [5, 5.41) is 9.97. The number of benzene rings is 1. The van der Waals surface area contributed by atoms with E-state index in [0.717, 1.165) is 12.8 Å². The number of piperidine rings is 1. The first-order chi connectivity index (χ1) is 12.5. The summed E-state index contributed by atoms with van der Waals surface area (Å²) in [6, 6.07) is 4.87. The van der Waals surface area contributed by atoms with Gasteiger partial charge in [0.1, 0.15) is 34.1 Å². The van der Waals surface area contributed by atoms with E-state index in [-0.39, 0.29) is 18.3 Å². The second-order valence-electron chi connectivity index (χ2n) is 6.11. The summed E-state index contributed by atoms with van der Waals surface area (Å²) in [6.45, 7) is 2.33. The van der Waals surface area contributed by atoms with Gasteiger partial charge in [-0.25, -0.2) is 14.2 Å². The van der Waals surface area contributed by atoms with Crippen LogP contribution >= 0.6 is 11.3 Å². The lowest BCUT2D eigenvalue weighted by Gasteiger charge is -2.32. The normalized spacial score (nSPS) is 17.2. The maximum atomic E-state index is 12.9. The number of rotatable bonds is 5.